The van der Waals surface area contributed by atoms with Crippen LogP contribution in [0, 0.1) is 18.8 Å². The summed E-state index contributed by atoms with van der Waals surface area (Å²) in [5.41, 5.74) is 0. The predicted molar refractivity (Wildman–Crippen MR) is 108 cm³/mol. The number of hydrogen-bond donors (Lipinski definition) is 0. The van der Waals surface area contributed by atoms with Gasteiger partial charge in [0.2, 0.25) is 0 Å². The molecule has 0 atom stereocenters. The largest absolute Gasteiger partial charge is 0.236 e. The number of aryl methyl sites for hydroxylation is 1. The van der Waals surface area contributed by atoms with E-state index in [1.54, 1.807) is 28.9 Å². The second-order valence-electron chi connectivity index (χ2n) is 5.60. The van der Waals surface area contributed by atoms with Gasteiger partial charge in [0.15, 0.2) is 5.01 Å². The van der Waals surface area contributed by atoms with E-state index in [9.17, 15) is 0 Å². The van der Waals surface area contributed by atoms with E-state index in [0.717, 1.165) is 9.88 Å². The Morgan fingerprint density at radius 1 is 0.833 bits per heavy atom. The van der Waals surface area contributed by atoms with Gasteiger partial charge in [-0.25, -0.2) is 4.98 Å². The average Bonchev–Trinajstić information content (AvgIpc) is 3.30. The van der Waals surface area contributed by atoms with Gasteiger partial charge in [0.1, 0.15) is 0 Å². The van der Waals surface area contributed by atoms with Crippen LogP contribution in [0.15, 0.2) is 48.0 Å². The summed E-state index contributed by atoms with van der Waals surface area (Å²) in [6, 6.07) is 13.5. The first kappa shape index (κ1) is 14.2. The highest BCUT2D eigenvalue weighted by atomic mass is 32.1. The summed E-state index contributed by atoms with van der Waals surface area (Å²) in [7, 11) is 0. The maximum absolute atomic E-state index is 4.22. The van der Waals surface area contributed by atoms with E-state index >= 15 is 0 Å². The number of nitrogens with zero attached hydrogens (tertiary/aromatic N) is 1. The first-order valence-corrected chi connectivity index (χ1v) is 10.1. The van der Waals surface area contributed by atoms with Crippen molar-refractivity contribution in [1.82, 2.24) is 4.98 Å². The van der Waals surface area contributed by atoms with Crippen LogP contribution in [0.25, 0.3) is 30.9 Å². The van der Waals surface area contributed by atoms with Crippen molar-refractivity contribution in [3.63, 3.8) is 0 Å². The SMILES string of the molecule is Cc1cc2c(ccc3c4cc(C#Cc5nccs5)sc4ccc23)s1. The van der Waals surface area contributed by atoms with E-state index < -0.39 is 0 Å². The third-order valence-electron chi connectivity index (χ3n) is 4.04. The lowest BCUT2D eigenvalue weighted by atomic mass is 10.0. The van der Waals surface area contributed by atoms with Crippen molar-refractivity contribution < 1.29 is 0 Å². The van der Waals surface area contributed by atoms with Gasteiger partial charge in [0, 0.05) is 36.6 Å². The quantitative estimate of drug-likeness (QED) is 0.289. The zero-order valence-corrected chi connectivity index (χ0v) is 15.2. The molecule has 0 aliphatic rings. The third-order valence-corrected chi connectivity index (χ3v) is 6.76. The Morgan fingerprint density at radius 2 is 1.58 bits per heavy atom. The Bertz CT molecular complexity index is 1260. The van der Waals surface area contributed by atoms with E-state index in [4.69, 9.17) is 0 Å². The molecule has 0 aliphatic carbocycles. The summed E-state index contributed by atoms with van der Waals surface area (Å²) in [5.74, 6) is 6.41. The van der Waals surface area contributed by atoms with E-state index in [2.05, 4.69) is 60.1 Å². The third kappa shape index (κ3) is 2.25. The Morgan fingerprint density at radius 3 is 2.33 bits per heavy atom. The molecule has 0 radical (unpaired) electrons. The molecule has 5 aromatic rings. The maximum atomic E-state index is 4.22. The van der Waals surface area contributed by atoms with Gasteiger partial charge in [-0.2, -0.15) is 0 Å². The molecule has 1 nitrogen and oxygen atoms in total. The molecular weight excluding hydrogens is 350 g/mol. The number of benzene rings is 2. The van der Waals surface area contributed by atoms with Crippen molar-refractivity contribution in [2.24, 2.45) is 0 Å². The van der Waals surface area contributed by atoms with Gasteiger partial charge in [-0.15, -0.1) is 34.0 Å². The highest BCUT2D eigenvalue weighted by molar-refractivity contribution is 7.20. The Kier molecular flexibility index (Phi) is 3.20. The van der Waals surface area contributed by atoms with Crippen molar-refractivity contribution in [3.8, 4) is 11.8 Å². The Labute approximate surface area is 151 Å². The zero-order chi connectivity index (χ0) is 16.1. The first-order chi connectivity index (χ1) is 11.8. The highest BCUT2D eigenvalue weighted by Crippen LogP contribution is 2.37. The van der Waals surface area contributed by atoms with E-state index in [1.165, 1.54) is 35.8 Å². The molecule has 0 saturated carbocycles. The van der Waals surface area contributed by atoms with Gasteiger partial charge >= 0.3 is 0 Å². The van der Waals surface area contributed by atoms with Crippen LogP contribution in [0.2, 0.25) is 0 Å². The Balaban J connectivity index is 1.74. The van der Waals surface area contributed by atoms with Crippen molar-refractivity contribution in [2.75, 3.05) is 0 Å². The molecule has 0 saturated heterocycles. The fourth-order valence-corrected chi connectivity index (χ4v) is 5.39. The molecule has 3 heterocycles. The second-order valence-corrected chi connectivity index (χ2v) is 8.87. The summed E-state index contributed by atoms with van der Waals surface area (Å²) in [6.45, 7) is 2.17. The van der Waals surface area contributed by atoms with Gasteiger partial charge in [0.25, 0.3) is 0 Å². The molecule has 0 amide bonds. The van der Waals surface area contributed by atoms with Crippen molar-refractivity contribution in [2.45, 2.75) is 6.92 Å². The smallest absolute Gasteiger partial charge is 0.167 e. The molecule has 0 N–H and O–H groups in total. The summed E-state index contributed by atoms with van der Waals surface area (Å²) >= 11 is 5.19. The molecule has 0 unspecified atom stereocenters. The summed E-state index contributed by atoms with van der Waals surface area (Å²) < 4.78 is 2.65. The second kappa shape index (κ2) is 5.42. The van der Waals surface area contributed by atoms with Crippen molar-refractivity contribution in [3.05, 3.63) is 62.7 Å². The topological polar surface area (TPSA) is 12.9 Å². The number of aromatic nitrogens is 1. The Hall–Kier alpha value is -2.19. The fourth-order valence-electron chi connectivity index (χ4n) is 3.04. The van der Waals surface area contributed by atoms with Crippen LogP contribution in [0.1, 0.15) is 14.8 Å². The van der Waals surface area contributed by atoms with Crippen LogP contribution >= 0.6 is 34.0 Å². The molecule has 0 aliphatic heterocycles. The minimum atomic E-state index is 0.868. The molecule has 0 fully saturated rings. The summed E-state index contributed by atoms with van der Waals surface area (Å²) in [6.07, 6.45) is 1.79. The molecule has 0 spiro atoms. The number of thiophene rings is 2. The van der Waals surface area contributed by atoms with Crippen LogP contribution in [0.4, 0.5) is 0 Å². The van der Waals surface area contributed by atoms with Gasteiger partial charge in [-0.1, -0.05) is 12.1 Å². The standard InChI is InChI=1S/C20H11NS3/c1-12-10-16-14-4-6-19-17(15(14)3-5-18(16)23-12)11-13(24-19)2-7-20-21-8-9-22-20/h3-6,8-11H,1H3. The zero-order valence-electron chi connectivity index (χ0n) is 12.8. The minimum absolute atomic E-state index is 0.868. The number of fused-ring (bicyclic) bond motifs is 5. The predicted octanol–water partition coefficient (Wildman–Crippen LogP) is 6.43. The van der Waals surface area contributed by atoms with Gasteiger partial charge in [-0.3, -0.25) is 0 Å². The maximum Gasteiger partial charge on any atom is 0.167 e. The molecule has 114 valence electrons. The molecule has 5 rings (SSSR count). The van der Waals surface area contributed by atoms with Gasteiger partial charge in [-0.05, 0) is 53.8 Å². The normalized spacial score (nSPS) is 11.2. The first-order valence-electron chi connectivity index (χ1n) is 7.55. The van der Waals surface area contributed by atoms with Crippen LogP contribution in [0.3, 0.4) is 0 Å². The molecule has 4 heteroatoms. The summed E-state index contributed by atoms with van der Waals surface area (Å²) in [5, 5.41) is 8.13. The van der Waals surface area contributed by atoms with E-state index in [0.29, 0.717) is 0 Å². The lowest BCUT2D eigenvalue weighted by Gasteiger charge is -2.01. The number of rotatable bonds is 0. The highest BCUT2D eigenvalue weighted by Gasteiger charge is 2.09. The lowest BCUT2D eigenvalue weighted by Crippen LogP contribution is -1.74. The van der Waals surface area contributed by atoms with E-state index in [-0.39, 0.29) is 0 Å². The van der Waals surface area contributed by atoms with Crippen molar-refractivity contribution >= 4 is 65.0 Å². The van der Waals surface area contributed by atoms with Gasteiger partial charge < -0.3 is 0 Å². The molecule has 0 bridgehead atoms. The lowest BCUT2D eigenvalue weighted by molar-refractivity contribution is 1.39. The van der Waals surface area contributed by atoms with Gasteiger partial charge in [0.05, 0.1) is 4.88 Å². The summed E-state index contributed by atoms with van der Waals surface area (Å²) in [4.78, 5) is 6.67. The molecule has 24 heavy (non-hydrogen) atoms. The molecule has 3 aromatic heterocycles. The molecule has 2 aromatic carbocycles. The fraction of sp³-hybridized carbons (Fsp3) is 0.0500. The number of hydrogen-bond acceptors (Lipinski definition) is 4. The molecular formula is C20H11NS3. The van der Waals surface area contributed by atoms with Crippen LogP contribution in [-0.4, -0.2) is 4.98 Å². The minimum Gasteiger partial charge on any atom is -0.236 e. The number of thiazole rings is 1. The van der Waals surface area contributed by atoms with Crippen LogP contribution < -0.4 is 0 Å². The monoisotopic (exact) mass is 361 g/mol. The van der Waals surface area contributed by atoms with Crippen LogP contribution in [-0.2, 0) is 0 Å². The van der Waals surface area contributed by atoms with Crippen molar-refractivity contribution in [1.29, 1.82) is 0 Å². The average molecular weight is 362 g/mol. The van der Waals surface area contributed by atoms with E-state index in [1.807, 2.05) is 16.7 Å². The van der Waals surface area contributed by atoms with Crippen LogP contribution in [0.5, 0.6) is 0 Å².